The zero-order valence-electron chi connectivity index (χ0n) is 19.1. The Morgan fingerprint density at radius 2 is 2.11 bits per heavy atom. The molecule has 6 nitrogen and oxygen atoms in total. The normalized spacial score (nSPS) is 15.1. The van der Waals surface area contributed by atoms with Crippen molar-refractivity contribution < 1.29 is 18.7 Å². The van der Waals surface area contributed by atoms with Crippen molar-refractivity contribution >= 4 is 50.5 Å². The number of carbonyl (C=O) groups excluding carboxylic acids is 1. The Balaban J connectivity index is 1.47. The molecule has 4 rings (SSSR count). The number of rotatable bonds is 11. The number of nitrogens with zero attached hydrogens (tertiary/aromatic N) is 2. The van der Waals surface area contributed by atoms with Crippen molar-refractivity contribution in [2.75, 3.05) is 17.7 Å². The van der Waals surface area contributed by atoms with Crippen LogP contribution in [0.2, 0.25) is 5.02 Å². The van der Waals surface area contributed by atoms with Gasteiger partial charge in [-0.2, -0.15) is 0 Å². The van der Waals surface area contributed by atoms with Crippen LogP contribution in [-0.4, -0.2) is 33.4 Å². The molecule has 1 atom stereocenters. The van der Waals surface area contributed by atoms with Gasteiger partial charge in [-0.3, -0.25) is 4.79 Å². The Kier molecular flexibility index (Phi) is 9.12. The number of anilines is 2. The van der Waals surface area contributed by atoms with Crippen LogP contribution in [0.15, 0.2) is 48.8 Å². The number of hydrogen-bond donors (Lipinski definition) is 1. The summed E-state index contributed by atoms with van der Waals surface area (Å²) in [7, 11) is 3.60. The maximum atomic E-state index is 13.4. The first-order valence-electron chi connectivity index (χ1n) is 11.2. The lowest BCUT2D eigenvalue weighted by Gasteiger charge is -2.15. The average Bonchev–Trinajstić information content (AvgIpc) is 3.34. The third-order valence-corrected chi connectivity index (χ3v) is 8.45. The van der Waals surface area contributed by atoms with Crippen LogP contribution < -0.4 is 14.8 Å². The maximum Gasteiger partial charge on any atom is 0.222 e. The number of benzene rings is 2. The van der Waals surface area contributed by atoms with Crippen molar-refractivity contribution in [1.29, 1.82) is 0 Å². The second-order valence-corrected chi connectivity index (χ2v) is 11.1. The number of ether oxygens (including phenoxy) is 2. The highest BCUT2D eigenvalue weighted by molar-refractivity contribution is 8.77. The summed E-state index contributed by atoms with van der Waals surface area (Å²) in [5, 5.41) is 3.98. The van der Waals surface area contributed by atoms with Crippen LogP contribution in [0.25, 0.3) is 0 Å². The molecule has 2 aromatic carbocycles. The van der Waals surface area contributed by atoms with E-state index < -0.39 is 0 Å². The summed E-state index contributed by atoms with van der Waals surface area (Å²) in [4.78, 5) is 21.4. The smallest absolute Gasteiger partial charge is 0.222 e. The summed E-state index contributed by atoms with van der Waals surface area (Å²) in [6.07, 6.45) is 3.15. The molecule has 0 amide bonds. The molecule has 1 N–H and O–H groups in total. The lowest BCUT2D eigenvalue weighted by atomic mass is 10.1. The van der Waals surface area contributed by atoms with Gasteiger partial charge in [0, 0.05) is 29.5 Å². The van der Waals surface area contributed by atoms with Gasteiger partial charge in [0.05, 0.1) is 17.2 Å². The van der Waals surface area contributed by atoms with Crippen LogP contribution in [-0.2, 0) is 17.8 Å². The van der Waals surface area contributed by atoms with Gasteiger partial charge in [-0.1, -0.05) is 45.3 Å². The molecule has 0 spiro atoms. The van der Waals surface area contributed by atoms with Gasteiger partial charge in [0.1, 0.15) is 36.1 Å². The molecule has 1 fully saturated rings. The summed E-state index contributed by atoms with van der Waals surface area (Å²) in [6.45, 7) is 2.49. The topological polar surface area (TPSA) is 73.3 Å². The molecule has 10 heteroatoms. The Morgan fingerprint density at radius 3 is 2.86 bits per heavy atom. The number of Topliss-reactive ketones (excluding diaryl/α,β-unsaturated/α-hetero) is 1. The quantitative estimate of drug-likeness (QED) is 0.275. The average molecular weight is 534 g/mol. The van der Waals surface area contributed by atoms with E-state index in [1.807, 2.05) is 17.7 Å². The third kappa shape index (κ3) is 7.25. The fourth-order valence-corrected chi connectivity index (χ4v) is 6.75. The van der Waals surface area contributed by atoms with Gasteiger partial charge in [-0.15, -0.1) is 0 Å². The van der Waals surface area contributed by atoms with Crippen LogP contribution >= 0.6 is 33.2 Å². The maximum absolute atomic E-state index is 13.4. The summed E-state index contributed by atoms with van der Waals surface area (Å²) in [6, 6.07) is 11.5. The number of aromatic nitrogens is 2. The standard InChI is InChI=1S/C25H25ClFN3O3S2/c1-2-32-25-21(13-19(31)12-20-8-9-34-35-20)24(28-15-29-25)30-18-6-7-23(22(26)11-18)33-14-16-4-3-5-17(27)10-16/h3-7,10-11,15,20H,2,8-9,12-14H2,1H3,(H,28,29,30). The van der Waals surface area contributed by atoms with Crippen LogP contribution in [0, 0.1) is 5.82 Å². The van der Waals surface area contributed by atoms with Crippen molar-refractivity contribution in [3.05, 3.63) is 70.8 Å². The highest BCUT2D eigenvalue weighted by atomic mass is 35.5. The highest BCUT2D eigenvalue weighted by Gasteiger charge is 2.23. The number of hydrogen-bond acceptors (Lipinski definition) is 8. The zero-order valence-corrected chi connectivity index (χ0v) is 21.5. The Morgan fingerprint density at radius 1 is 1.23 bits per heavy atom. The number of carbonyl (C=O) groups is 1. The first-order chi connectivity index (χ1) is 17.0. The predicted molar refractivity (Wildman–Crippen MR) is 140 cm³/mol. The summed E-state index contributed by atoms with van der Waals surface area (Å²) >= 11 is 6.44. The zero-order chi connectivity index (χ0) is 24.6. The van der Waals surface area contributed by atoms with Crippen molar-refractivity contribution in [3.8, 4) is 11.6 Å². The molecule has 0 bridgehead atoms. The number of halogens is 2. The minimum Gasteiger partial charge on any atom is -0.487 e. The van der Waals surface area contributed by atoms with E-state index in [1.165, 1.54) is 18.5 Å². The summed E-state index contributed by atoms with van der Waals surface area (Å²) in [5.41, 5.74) is 2.00. The minimum atomic E-state index is -0.316. The molecule has 184 valence electrons. The fourth-order valence-electron chi connectivity index (χ4n) is 3.58. The number of nitrogens with one attached hydrogen (secondary N) is 1. The van der Waals surface area contributed by atoms with Crippen molar-refractivity contribution in [2.45, 2.75) is 38.0 Å². The molecule has 35 heavy (non-hydrogen) atoms. The second-order valence-electron chi connectivity index (χ2n) is 7.88. The molecule has 3 aromatic rings. The lowest BCUT2D eigenvalue weighted by molar-refractivity contribution is -0.118. The Bertz CT molecular complexity index is 1180. The van der Waals surface area contributed by atoms with E-state index in [-0.39, 0.29) is 24.6 Å². The van der Waals surface area contributed by atoms with Crippen molar-refractivity contribution in [2.24, 2.45) is 0 Å². The van der Waals surface area contributed by atoms with Gasteiger partial charge in [-0.25, -0.2) is 14.4 Å². The first kappa shape index (κ1) is 25.6. The van der Waals surface area contributed by atoms with Gasteiger partial charge in [0.15, 0.2) is 0 Å². The molecule has 2 heterocycles. The van der Waals surface area contributed by atoms with E-state index in [2.05, 4.69) is 15.3 Å². The molecule has 0 saturated carbocycles. The largest absolute Gasteiger partial charge is 0.487 e. The van der Waals surface area contributed by atoms with E-state index in [0.29, 0.717) is 57.6 Å². The SMILES string of the molecule is CCOc1ncnc(Nc2ccc(OCc3cccc(F)c3)c(Cl)c2)c1CC(=O)CC1CCSS1. The molecule has 1 aliphatic heterocycles. The molecule has 1 aromatic heterocycles. The van der Waals surface area contributed by atoms with Crippen LogP contribution in [0.3, 0.4) is 0 Å². The Hall–Kier alpha value is -2.49. The van der Waals surface area contributed by atoms with E-state index in [9.17, 15) is 9.18 Å². The van der Waals surface area contributed by atoms with E-state index in [4.69, 9.17) is 21.1 Å². The Labute approximate surface area is 216 Å². The number of ketones is 1. The molecule has 1 aliphatic rings. The van der Waals surface area contributed by atoms with Crippen LogP contribution in [0.1, 0.15) is 30.9 Å². The minimum absolute atomic E-state index is 0.128. The van der Waals surface area contributed by atoms with Gasteiger partial charge >= 0.3 is 0 Å². The van der Waals surface area contributed by atoms with Gasteiger partial charge in [-0.05, 0) is 49.2 Å². The van der Waals surface area contributed by atoms with Gasteiger partial charge in [0.25, 0.3) is 0 Å². The predicted octanol–water partition coefficient (Wildman–Crippen LogP) is 6.65. The van der Waals surface area contributed by atoms with Crippen molar-refractivity contribution in [1.82, 2.24) is 9.97 Å². The van der Waals surface area contributed by atoms with E-state index in [0.717, 1.165) is 12.2 Å². The lowest BCUT2D eigenvalue weighted by Crippen LogP contribution is -2.14. The third-order valence-electron chi connectivity index (χ3n) is 5.22. The summed E-state index contributed by atoms with van der Waals surface area (Å²) < 4.78 is 24.8. The molecular formula is C25H25ClFN3O3S2. The summed E-state index contributed by atoms with van der Waals surface area (Å²) in [5.74, 6) is 2.26. The van der Waals surface area contributed by atoms with Crippen LogP contribution in [0.5, 0.6) is 11.6 Å². The molecular weight excluding hydrogens is 509 g/mol. The van der Waals surface area contributed by atoms with Gasteiger partial charge in [0.2, 0.25) is 5.88 Å². The van der Waals surface area contributed by atoms with Crippen molar-refractivity contribution in [3.63, 3.8) is 0 Å². The van der Waals surface area contributed by atoms with E-state index >= 15 is 0 Å². The van der Waals surface area contributed by atoms with Crippen LogP contribution in [0.4, 0.5) is 15.9 Å². The fraction of sp³-hybridized carbons (Fsp3) is 0.320. The monoisotopic (exact) mass is 533 g/mol. The first-order valence-corrected chi connectivity index (χ1v) is 14.0. The highest BCUT2D eigenvalue weighted by Crippen LogP contribution is 2.39. The molecule has 1 unspecified atom stereocenters. The van der Waals surface area contributed by atoms with Gasteiger partial charge < -0.3 is 14.8 Å². The molecule has 1 saturated heterocycles. The molecule has 0 radical (unpaired) electrons. The van der Waals surface area contributed by atoms with E-state index in [1.54, 1.807) is 41.1 Å². The molecule has 0 aliphatic carbocycles. The second kappa shape index (κ2) is 12.5.